The topological polar surface area (TPSA) is 20.2 Å². The van der Waals surface area contributed by atoms with Crippen LogP contribution in [0.25, 0.3) is 0 Å². The first kappa shape index (κ1) is 15.4. The van der Waals surface area contributed by atoms with Gasteiger partial charge in [-0.25, -0.2) is 0 Å². The maximum absolute atomic E-state index is 8.57. The molecule has 0 atom stereocenters. The number of aliphatic hydroxyl groups excluding tert-OH is 1. The number of hydrogen-bond donors (Lipinski definition) is 1. The van der Waals surface area contributed by atoms with E-state index >= 15 is 0 Å². The molecule has 0 unspecified atom stereocenters. The van der Waals surface area contributed by atoms with Gasteiger partial charge in [-0.05, 0) is 44.9 Å². The summed E-state index contributed by atoms with van der Waals surface area (Å²) in [6.07, 6.45) is 19.9. The van der Waals surface area contributed by atoms with Gasteiger partial charge < -0.3 is 5.11 Å². The van der Waals surface area contributed by atoms with Crippen LogP contribution in [0.3, 0.4) is 0 Å². The van der Waals surface area contributed by atoms with Crippen molar-refractivity contribution in [3.63, 3.8) is 0 Å². The molecule has 1 nitrogen and oxygen atoms in total. The van der Waals surface area contributed by atoms with E-state index in [2.05, 4.69) is 31.2 Å². The number of hydrogen-bond acceptors (Lipinski definition) is 1. The summed E-state index contributed by atoms with van der Waals surface area (Å²) < 4.78 is 0. The predicted molar refractivity (Wildman–Crippen MR) is 72.6 cm³/mol. The Morgan fingerprint density at radius 2 is 1.12 bits per heavy atom. The first-order valence-corrected chi connectivity index (χ1v) is 6.82. The average Bonchev–Trinajstić information content (AvgIpc) is 2.31. The minimum atomic E-state index is 0.275. The minimum Gasteiger partial charge on any atom is -0.396 e. The summed E-state index contributed by atoms with van der Waals surface area (Å²) in [6.45, 7) is 2.52. The van der Waals surface area contributed by atoms with E-state index in [0.717, 1.165) is 12.8 Å². The fraction of sp³-hybridized carbons (Fsp3) is 0.733. The molecule has 0 saturated carbocycles. The predicted octanol–water partition coefficient (Wildman–Crippen LogP) is 4.62. The highest BCUT2D eigenvalue weighted by molar-refractivity contribution is 4.83. The van der Waals surface area contributed by atoms with E-state index in [1.165, 1.54) is 44.9 Å². The van der Waals surface area contributed by atoms with Crippen LogP contribution in [0.4, 0.5) is 0 Å². The van der Waals surface area contributed by atoms with Gasteiger partial charge in [0.25, 0.3) is 0 Å². The van der Waals surface area contributed by atoms with Gasteiger partial charge in [0.2, 0.25) is 0 Å². The molecule has 0 heterocycles. The molecule has 0 aromatic rings. The van der Waals surface area contributed by atoms with Gasteiger partial charge in [0.15, 0.2) is 0 Å². The second-order valence-electron chi connectivity index (χ2n) is 4.24. The number of unbranched alkanes of at least 4 members (excludes halogenated alkanes) is 6. The van der Waals surface area contributed by atoms with Crippen LogP contribution in [0.1, 0.15) is 64.7 Å². The Bertz CT molecular complexity index is 170. The lowest BCUT2D eigenvalue weighted by Gasteiger charge is -1.94. The molecule has 94 valence electrons. The second kappa shape index (κ2) is 14.4. The molecule has 0 saturated heterocycles. The van der Waals surface area contributed by atoms with Crippen LogP contribution in [0.15, 0.2) is 24.3 Å². The molecule has 0 fully saturated rings. The zero-order valence-electron chi connectivity index (χ0n) is 10.8. The molecule has 16 heavy (non-hydrogen) atoms. The van der Waals surface area contributed by atoms with Crippen LogP contribution in [-0.4, -0.2) is 11.7 Å². The van der Waals surface area contributed by atoms with Crippen molar-refractivity contribution in [3.8, 4) is 0 Å². The number of rotatable bonds is 11. The Kier molecular flexibility index (Phi) is 13.9. The molecule has 0 amide bonds. The van der Waals surface area contributed by atoms with Gasteiger partial charge >= 0.3 is 0 Å². The second-order valence-corrected chi connectivity index (χ2v) is 4.24. The van der Waals surface area contributed by atoms with Crippen molar-refractivity contribution in [2.45, 2.75) is 64.7 Å². The third-order valence-electron chi connectivity index (χ3n) is 2.60. The first-order chi connectivity index (χ1) is 7.91. The van der Waals surface area contributed by atoms with Crippen molar-refractivity contribution in [3.05, 3.63) is 24.3 Å². The standard InChI is InChI=1S/C15H28O/c1-2-3-4-5-6-7-8-9-10-11-12-13-14-15-16/h6-7,12-13,16H,2-5,8-11,14-15H2,1H3. The zero-order valence-corrected chi connectivity index (χ0v) is 10.8. The Labute approximate surface area is 101 Å². The van der Waals surface area contributed by atoms with Gasteiger partial charge in [-0.2, -0.15) is 0 Å². The van der Waals surface area contributed by atoms with Crippen LogP contribution in [0, 0.1) is 0 Å². The number of aliphatic hydroxyl groups is 1. The quantitative estimate of drug-likeness (QED) is 0.401. The van der Waals surface area contributed by atoms with Crippen molar-refractivity contribution in [2.75, 3.05) is 6.61 Å². The van der Waals surface area contributed by atoms with Crippen LogP contribution in [0.5, 0.6) is 0 Å². The lowest BCUT2D eigenvalue weighted by atomic mass is 10.1. The zero-order chi connectivity index (χ0) is 11.9. The van der Waals surface area contributed by atoms with E-state index < -0.39 is 0 Å². The van der Waals surface area contributed by atoms with E-state index in [0.29, 0.717) is 0 Å². The molecule has 0 radical (unpaired) electrons. The Balaban J connectivity index is 3.08. The lowest BCUT2D eigenvalue weighted by Crippen LogP contribution is -1.77. The van der Waals surface area contributed by atoms with Gasteiger partial charge in [-0.3, -0.25) is 0 Å². The molecule has 0 aliphatic carbocycles. The SMILES string of the molecule is CCCCCC=CCCCCC=CCCO. The van der Waals surface area contributed by atoms with Gasteiger partial charge in [0, 0.05) is 6.61 Å². The summed E-state index contributed by atoms with van der Waals surface area (Å²) in [5.41, 5.74) is 0. The molecule has 1 N–H and O–H groups in total. The molecular formula is C15H28O. The van der Waals surface area contributed by atoms with Crippen molar-refractivity contribution >= 4 is 0 Å². The fourth-order valence-corrected chi connectivity index (χ4v) is 1.58. The molecule has 1 heteroatoms. The average molecular weight is 224 g/mol. The number of allylic oxidation sites excluding steroid dienone is 3. The van der Waals surface area contributed by atoms with E-state index in [9.17, 15) is 0 Å². The minimum absolute atomic E-state index is 0.275. The van der Waals surface area contributed by atoms with Crippen molar-refractivity contribution in [1.29, 1.82) is 0 Å². The monoisotopic (exact) mass is 224 g/mol. The molecule has 0 aliphatic rings. The van der Waals surface area contributed by atoms with Crippen LogP contribution in [0.2, 0.25) is 0 Å². The van der Waals surface area contributed by atoms with Crippen LogP contribution < -0.4 is 0 Å². The molecule has 0 bridgehead atoms. The molecule has 0 aromatic heterocycles. The normalized spacial score (nSPS) is 11.9. The molecule has 0 spiro atoms. The summed E-state index contributed by atoms with van der Waals surface area (Å²) in [6, 6.07) is 0. The summed E-state index contributed by atoms with van der Waals surface area (Å²) in [7, 11) is 0. The van der Waals surface area contributed by atoms with Crippen molar-refractivity contribution in [1.82, 2.24) is 0 Å². The lowest BCUT2D eigenvalue weighted by molar-refractivity contribution is 0.302. The highest BCUT2D eigenvalue weighted by atomic mass is 16.2. The molecule has 0 aromatic carbocycles. The maximum Gasteiger partial charge on any atom is 0.0465 e. The first-order valence-electron chi connectivity index (χ1n) is 6.82. The summed E-state index contributed by atoms with van der Waals surface area (Å²) in [5, 5.41) is 8.57. The van der Waals surface area contributed by atoms with Crippen LogP contribution >= 0.6 is 0 Å². The van der Waals surface area contributed by atoms with E-state index in [-0.39, 0.29) is 6.61 Å². The highest BCUT2D eigenvalue weighted by Crippen LogP contribution is 2.04. The van der Waals surface area contributed by atoms with Gasteiger partial charge in [-0.15, -0.1) is 0 Å². The Morgan fingerprint density at radius 3 is 1.56 bits per heavy atom. The Morgan fingerprint density at radius 1 is 0.688 bits per heavy atom. The van der Waals surface area contributed by atoms with Crippen LogP contribution in [-0.2, 0) is 0 Å². The van der Waals surface area contributed by atoms with Crippen molar-refractivity contribution in [2.24, 2.45) is 0 Å². The third-order valence-corrected chi connectivity index (χ3v) is 2.60. The van der Waals surface area contributed by atoms with Gasteiger partial charge in [0.1, 0.15) is 0 Å². The van der Waals surface area contributed by atoms with E-state index in [4.69, 9.17) is 5.11 Å². The van der Waals surface area contributed by atoms with Gasteiger partial charge in [-0.1, -0.05) is 44.1 Å². The summed E-state index contributed by atoms with van der Waals surface area (Å²) in [4.78, 5) is 0. The molecule has 0 aliphatic heterocycles. The third kappa shape index (κ3) is 13.4. The van der Waals surface area contributed by atoms with Gasteiger partial charge in [0.05, 0.1) is 0 Å². The summed E-state index contributed by atoms with van der Waals surface area (Å²) in [5.74, 6) is 0. The van der Waals surface area contributed by atoms with E-state index in [1.54, 1.807) is 0 Å². The van der Waals surface area contributed by atoms with Crippen molar-refractivity contribution < 1.29 is 5.11 Å². The fourth-order valence-electron chi connectivity index (χ4n) is 1.58. The molecular weight excluding hydrogens is 196 g/mol. The largest absolute Gasteiger partial charge is 0.396 e. The smallest absolute Gasteiger partial charge is 0.0465 e. The highest BCUT2D eigenvalue weighted by Gasteiger charge is 1.84. The summed E-state index contributed by atoms with van der Waals surface area (Å²) >= 11 is 0. The Hall–Kier alpha value is -0.560. The maximum atomic E-state index is 8.57. The molecule has 0 rings (SSSR count). The van der Waals surface area contributed by atoms with E-state index in [1.807, 2.05) is 0 Å².